The number of carboxylic acid groups (broad SMARTS) is 1. The van der Waals surface area contributed by atoms with Crippen LogP contribution in [-0.4, -0.2) is 51.7 Å². The molecule has 2 aliphatic heterocycles. The third-order valence-electron chi connectivity index (χ3n) is 6.99. The molecule has 12 heteroatoms. The van der Waals surface area contributed by atoms with Gasteiger partial charge in [-0.15, -0.1) is 0 Å². The zero-order chi connectivity index (χ0) is 27.0. The number of pyridine rings is 1. The minimum absolute atomic E-state index is 0.130. The number of benzene rings is 1. The Hall–Kier alpha value is -3.96. The average Bonchev–Trinajstić information content (AvgIpc) is 3.17. The maximum absolute atomic E-state index is 14.4. The summed E-state index contributed by atoms with van der Waals surface area (Å²) >= 11 is 0. The van der Waals surface area contributed by atoms with Gasteiger partial charge in [-0.1, -0.05) is 0 Å². The van der Waals surface area contributed by atoms with Crippen LogP contribution in [0.1, 0.15) is 46.9 Å². The molecule has 1 aromatic carbocycles. The quantitative estimate of drug-likeness (QED) is 0.442. The topological polar surface area (TPSA) is 94.5 Å². The van der Waals surface area contributed by atoms with Crippen LogP contribution < -0.4 is 15.1 Å². The molecule has 0 saturated carbocycles. The van der Waals surface area contributed by atoms with E-state index in [-0.39, 0.29) is 24.9 Å². The van der Waals surface area contributed by atoms with Crippen LogP contribution in [0.4, 0.5) is 40.8 Å². The predicted molar refractivity (Wildman–Crippen MR) is 134 cm³/mol. The molecule has 8 nitrogen and oxygen atoms in total. The van der Waals surface area contributed by atoms with Crippen molar-refractivity contribution in [2.24, 2.45) is 0 Å². The van der Waals surface area contributed by atoms with E-state index in [0.717, 1.165) is 37.1 Å². The summed E-state index contributed by atoms with van der Waals surface area (Å²) in [5.74, 6) is -1.47. The first-order valence-corrected chi connectivity index (χ1v) is 12.4. The summed E-state index contributed by atoms with van der Waals surface area (Å²) in [7, 11) is 0. The molecule has 1 atom stereocenters. The van der Waals surface area contributed by atoms with Gasteiger partial charge >= 0.3 is 12.1 Å². The maximum Gasteiger partial charge on any atom is 0.419 e. The molecule has 4 heterocycles. The Labute approximate surface area is 216 Å². The number of nitrogens with one attached hydrogen (secondary N) is 1. The monoisotopic (exact) mass is 530 g/mol. The minimum Gasteiger partial charge on any atom is -0.478 e. The molecule has 0 bridgehead atoms. The van der Waals surface area contributed by atoms with Gasteiger partial charge in [0.25, 0.3) is 0 Å². The van der Waals surface area contributed by atoms with E-state index in [9.17, 15) is 22.4 Å². The van der Waals surface area contributed by atoms with E-state index >= 15 is 0 Å². The Morgan fingerprint density at radius 2 is 1.92 bits per heavy atom. The first kappa shape index (κ1) is 25.7. The predicted octanol–water partition coefficient (Wildman–Crippen LogP) is 5.07. The maximum atomic E-state index is 14.4. The number of anilines is 4. The molecule has 2 aliphatic rings. The van der Waals surface area contributed by atoms with Gasteiger partial charge in [-0.2, -0.15) is 18.2 Å². The minimum atomic E-state index is -4.54. The molecule has 3 aromatic rings. The number of halogens is 4. The van der Waals surface area contributed by atoms with Crippen molar-refractivity contribution in [3.63, 3.8) is 0 Å². The van der Waals surface area contributed by atoms with Gasteiger partial charge in [0.15, 0.2) is 0 Å². The molecule has 2 N–H and O–H groups in total. The molecule has 38 heavy (non-hydrogen) atoms. The molecule has 5 rings (SSSR count). The fourth-order valence-electron chi connectivity index (χ4n) is 5.03. The zero-order valence-corrected chi connectivity index (χ0v) is 20.6. The third-order valence-corrected chi connectivity index (χ3v) is 6.99. The van der Waals surface area contributed by atoms with E-state index in [0.29, 0.717) is 36.0 Å². The van der Waals surface area contributed by atoms with E-state index in [4.69, 9.17) is 15.1 Å². The van der Waals surface area contributed by atoms with E-state index < -0.39 is 29.1 Å². The lowest BCUT2D eigenvalue weighted by Crippen LogP contribution is -2.29. The van der Waals surface area contributed by atoms with Crippen molar-refractivity contribution in [1.82, 2.24) is 15.0 Å². The van der Waals surface area contributed by atoms with Crippen molar-refractivity contribution in [2.45, 2.75) is 44.8 Å². The number of hydrogen-bond donors (Lipinski definition) is 2. The molecular formula is C26H26F4N6O2. The number of carboxylic acids is 1. The highest BCUT2D eigenvalue weighted by Gasteiger charge is 2.36. The largest absolute Gasteiger partial charge is 0.478 e. The van der Waals surface area contributed by atoms with Crippen molar-refractivity contribution in [3.05, 3.63) is 64.7 Å². The van der Waals surface area contributed by atoms with Crippen molar-refractivity contribution in [2.75, 3.05) is 34.8 Å². The van der Waals surface area contributed by atoms with Crippen LogP contribution in [0.3, 0.4) is 0 Å². The second-order valence-corrected chi connectivity index (χ2v) is 9.47. The SMILES string of the molecule is CC1CCCN1c1nc2c(c(Nc3ccc(C(=O)O)c(F)c3)n1)CCN(c1ncccc1C(F)(F)F)CC2. The molecule has 0 radical (unpaired) electrons. The molecule has 0 amide bonds. The molecule has 200 valence electrons. The van der Waals surface area contributed by atoms with Crippen molar-refractivity contribution in [1.29, 1.82) is 0 Å². The van der Waals surface area contributed by atoms with Gasteiger partial charge in [0.1, 0.15) is 17.5 Å². The van der Waals surface area contributed by atoms with Crippen molar-refractivity contribution >= 4 is 29.2 Å². The molecule has 1 unspecified atom stereocenters. The fourth-order valence-corrected chi connectivity index (χ4v) is 5.03. The number of nitrogens with zero attached hydrogens (tertiary/aromatic N) is 5. The van der Waals surface area contributed by atoms with E-state index in [1.807, 2.05) is 0 Å². The number of rotatable bonds is 5. The Bertz CT molecular complexity index is 1370. The van der Waals surface area contributed by atoms with Crippen LogP contribution in [-0.2, 0) is 19.0 Å². The normalized spacial score (nSPS) is 17.8. The third kappa shape index (κ3) is 5.07. The highest BCUT2D eigenvalue weighted by Crippen LogP contribution is 2.37. The first-order chi connectivity index (χ1) is 18.1. The lowest BCUT2D eigenvalue weighted by atomic mass is 10.1. The summed E-state index contributed by atoms with van der Waals surface area (Å²) < 4.78 is 55.4. The standard InChI is InChI=1S/C26H26F4N6O2/c1-15-4-3-11-36(15)25-33-21-9-13-35(23-19(26(28,29)30)5-2-10-31-23)12-8-18(21)22(34-25)32-16-6-7-17(24(37)38)20(27)14-16/h2,5-7,10,14-15H,3-4,8-9,11-13H2,1H3,(H,37,38)(H,32,33,34). The van der Waals surface area contributed by atoms with Crippen LogP contribution in [0.25, 0.3) is 0 Å². The van der Waals surface area contributed by atoms with Gasteiger partial charge in [-0.05, 0) is 56.5 Å². The summed E-state index contributed by atoms with van der Waals surface area (Å²) in [6, 6.07) is 6.22. The number of carbonyl (C=O) groups is 1. The lowest BCUT2D eigenvalue weighted by molar-refractivity contribution is -0.137. The van der Waals surface area contributed by atoms with Gasteiger partial charge in [0.05, 0.1) is 16.8 Å². The highest BCUT2D eigenvalue weighted by molar-refractivity contribution is 5.88. The van der Waals surface area contributed by atoms with Gasteiger partial charge in [0, 0.05) is 49.5 Å². The number of aromatic nitrogens is 3. The van der Waals surface area contributed by atoms with E-state index in [1.165, 1.54) is 24.4 Å². The van der Waals surface area contributed by atoms with Gasteiger partial charge in [-0.3, -0.25) is 0 Å². The Morgan fingerprint density at radius 3 is 2.61 bits per heavy atom. The summed E-state index contributed by atoms with van der Waals surface area (Å²) in [6.45, 7) is 3.38. The van der Waals surface area contributed by atoms with Gasteiger partial charge in [-0.25, -0.2) is 19.2 Å². The van der Waals surface area contributed by atoms with Crippen LogP contribution in [0.2, 0.25) is 0 Å². The number of alkyl halides is 3. The lowest BCUT2D eigenvalue weighted by Gasteiger charge is -2.24. The second kappa shape index (κ2) is 10.1. The highest BCUT2D eigenvalue weighted by atomic mass is 19.4. The first-order valence-electron chi connectivity index (χ1n) is 12.4. The van der Waals surface area contributed by atoms with Crippen LogP contribution >= 0.6 is 0 Å². The summed E-state index contributed by atoms with van der Waals surface area (Å²) in [6.07, 6.45) is -0.532. The van der Waals surface area contributed by atoms with Crippen molar-refractivity contribution in [3.8, 4) is 0 Å². The van der Waals surface area contributed by atoms with Crippen LogP contribution in [0, 0.1) is 5.82 Å². The molecule has 0 aliphatic carbocycles. The van der Waals surface area contributed by atoms with E-state index in [2.05, 4.69) is 22.1 Å². The number of fused-ring (bicyclic) bond motifs is 1. The molecule has 2 aromatic heterocycles. The van der Waals surface area contributed by atoms with Gasteiger partial charge in [0.2, 0.25) is 5.95 Å². The summed E-state index contributed by atoms with van der Waals surface area (Å²) in [5, 5.41) is 12.3. The summed E-state index contributed by atoms with van der Waals surface area (Å²) in [5.41, 5.74) is 0.478. The van der Waals surface area contributed by atoms with Crippen LogP contribution in [0.15, 0.2) is 36.5 Å². The number of hydrogen-bond acceptors (Lipinski definition) is 7. The Kier molecular flexibility index (Phi) is 6.80. The summed E-state index contributed by atoms with van der Waals surface area (Å²) in [4.78, 5) is 28.5. The van der Waals surface area contributed by atoms with Crippen molar-refractivity contribution < 1.29 is 27.5 Å². The molecular weight excluding hydrogens is 504 g/mol. The average molecular weight is 531 g/mol. The number of aromatic carboxylic acids is 1. The Morgan fingerprint density at radius 1 is 1.13 bits per heavy atom. The molecule has 1 fully saturated rings. The molecule has 1 saturated heterocycles. The smallest absolute Gasteiger partial charge is 0.419 e. The molecule has 0 spiro atoms. The fraction of sp³-hybridized carbons (Fsp3) is 0.385. The zero-order valence-electron chi connectivity index (χ0n) is 20.6. The van der Waals surface area contributed by atoms with Crippen LogP contribution in [0.5, 0.6) is 0 Å². The Balaban J connectivity index is 1.51. The second-order valence-electron chi connectivity index (χ2n) is 9.47. The van der Waals surface area contributed by atoms with E-state index in [1.54, 1.807) is 4.90 Å². The van der Waals surface area contributed by atoms with Gasteiger partial charge < -0.3 is 20.2 Å².